The lowest BCUT2D eigenvalue weighted by Crippen LogP contribution is -1.83. The zero-order valence-electron chi connectivity index (χ0n) is 13.8. The van der Waals surface area contributed by atoms with Crippen molar-refractivity contribution in [3.63, 3.8) is 0 Å². The molecule has 3 aromatic carbocycles. The molecule has 0 aliphatic carbocycles. The van der Waals surface area contributed by atoms with Crippen LogP contribution in [0, 0.1) is 0 Å². The van der Waals surface area contributed by atoms with Crippen molar-refractivity contribution in [2.45, 2.75) is 26.2 Å². The fourth-order valence-corrected chi connectivity index (χ4v) is 4.28. The van der Waals surface area contributed by atoms with Crippen LogP contribution in [0.2, 0.25) is 0 Å². The van der Waals surface area contributed by atoms with Gasteiger partial charge in [-0.25, -0.2) is 0 Å². The Bertz CT molecular complexity index is 996. The molecule has 1 N–H and O–H groups in total. The maximum absolute atomic E-state index is 9.68. The van der Waals surface area contributed by atoms with Crippen LogP contribution in [0.3, 0.4) is 0 Å². The van der Waals surface area contributed by atoms with Crippen molar-refractivity contribution < 1.29 is 5.11 Å². The maximum Gasteiger partial charge on any atom is 0.116 e. The van der Waals surface area contributed by atoms with Crippen LogP contribution in [0.5, 0.6) is 5.75 Å². The number of unbranched alkanes of at least 4 members (excludes halogenated alkanes) is 1. The number of benzene rings is 3. The monoisotopic (exact) mass is 332 g/mol. The molecule has 2 heteroatoms. The van der Waals surface area contributed by atoms with E-state index in [0.29, 0.717) is 5.75 Å². The quantitative estimate of drug-likeness (QED) is 0.437. The van der Waals surface area contributed by atoms with Gasteiger partial charge in [0.15, 0.2) is 0 Å². The van der Waals surface area contributed by atoms with E-state index in [2.05, 4.69) is 49.4 Å². The van der Waals surface area contributed by atoms with Gasteiger partial charge in [-0.3, -0.25) is 0 Å². The van der Waals surface area contributed by atoms with E-state index in [-0.39, 0.29) is 0 Å². The minimum Gasteiger partial charge on any atom is -0.508 e. The summed E-state index contributed by atoms with van der Waals surface area (Å²) in [5, 5.41) is 13.2. The first-order valence-electron chi connectivity index (χ1n) is 8.49. The number of thiophene rings is 1. The summed E-state index contributed by atoms with van der Waals surface area (Å²) in [6, 6.07) is 21.1. The van der Waals surface area contributed by atoms with Gasteiger partial charge in [0.25, 0.3) is 0 Å². The molecule has 0 unspecified atom stereocenters. The molecule has 0 aliphatic rings. The van der Waals surface area contributed by atoms with Crippen LogP contribution in [0.4, 0.5) is 0 Å². The lowest BCUT2D eigenvalue weighted by Gasteiger charge is -2.01. The van der Waals surface area contributed by atoms with Gasteiger partial charge in [-0.05, 0) is 59.0 Å². The topological polar surface area (TPSA) is 20.2 Å². The van der Waals surface area contributed by atoms with E-state index in [4.69, 9.17) is 0 Å². The Labute approximate surface area is 146 Å². The zero-order valence-corrected chi connectivity index (χ0v) is 14.6. The summed E-state index contributed by atoms with van der Waals surface area (Å²) in [6.45, 7) is 2.23. The van der Waals surface area contributed by atoms with E-state index >= 15 is 0 Å². The molecular weight excluding hydrogens is 312 g/mol. The minimum atomic E-state index is 0.319. The van der Waals surface area contributed by atoms with Crippen molar-refractivity contribution >= 4 is 32.2 Å². The van der Waals surface area contributed by atoms with E-state index in [1.165, 1.54) is 44.3 Å². The average molecular weight is 332 g/mol. The summed E-state index contributed by atoms with van der Waals surface area (Å²) in [4.78, 5) is 1.30. The van der Waals surface area contributed by atoms with E-state index in [9.17, 15) is 5.11 Å². The van der Waals surface area contributed by atoms with Crippen molar-refractivity contribution in [3.05, 3.63) is 66.2 Å². The first-order valence-corrected chi connectivity index (χ1v) is 9.31. The predicted octanol–water partition coefficient (Wildman–Crippen LogP) is 6.77. The van der Waals surface area contributed by atoms with Crippen LogP contribution in [0.25, 0.3) is 31.3 Å². The van der Waals surface area contributed by atoms with Crippen molar-refractivity contribution in [3.8, 4) is 16.2 Å². The van der Waals surface area contributed by atoms with Crippen molar-refractivity contribution in [1.29, 1.82) is 0 Å². The number of hydrogen-bond acceptors (Lipinski definition) is 2. The summed E-state index contributed by atoms with van der Waals surface area (Å²) in [5.74, 6) is 0.319. The van der Waals surface area contributed by atoms with Crippen LogP contribution < -0.4 is 0 Å². The third kappa shape index (κ3) is 2.78. The molecule has 0 aliphatic heterocycles. The van der Waals surface area contributed by atoms with Crippen molar-refractivity contribution in [1.82, 2.24) is 0 Å². The Morgan fingerprint density at radius 2 is 1.71 bits per heavy atom. The Kier molecular flexibility index (Phi) is 3.99. The van der Waals surface area contributed by atoms with Gasteiger partial charge in [0, 0.05) is 15.0 Å². The molecule has 1 aromatic heterocycles. The zero-order chi connectivity index (χ0) is 16.5. The first kappa shape index (κ1) is 15.2. The summed E-state index contributed by atoms with van der Waals surface area (Å²) in [7, 11) is 0. The highest BCUT2D eigenvalue weighted by molar-refractivity contribution is 7.22. The Morgan fingerprint density at radius 3 is 2.50 bits per heavy atom. The molecule has 0 saturated heterocycles. The Balaban J connectivity index is 1.76. The molecule has 0 saturated carbocycles. The second-order valence-corrected chi connectivity index (χ2v) is 7.38. The molecule has 0 bridgehead atoms. The van der Waals surface area contributed by atoms with Gasteiger partial charge in [0.05, 0.1) is 0 Å². The van der Waals surface area contributed by atoms with Crippen molar-refractivity contribution in [2.75, 3.05) is 0 Å². The summed E-state index contributed by atoms with van der Waals surface area (Å²) in [5.41, 5.74) is 2.70. The molecule has 24 heavy (non-hydrogen) atoms. The molecule has 0 radical (unpaired) electrons. The van der Waals surface area contributed by atoms with E-state index in [1.807, 2.05) is 23.5 Å². The summed E-state index contributed by atoms with van der Waals surface area (Å²) >= 11 is 1.83. The van der Waals surface area contributed by atoms with E-state index < -0.39 is 0 Å². The van der Waals surface area contributed by atoms with Crippen LogP contribution in [-0.2, 0) is 6.42 Å². The van der Waals surface area contributed by atoms with Gasteiger partial charge in [-0.15, -0.1) is 11.3 Å². The molecule has 120 valence electrons. The van der Waals surface area contributed by atoms with Crippen LogP contribution >= 0.6 is 11.3 Å². The van der Waals surface area contributed by atoms with Crippen LogP contribution in [0.1, 0.15) is 25.3 Å². The number of aryl methyl sites for hydroxylation is 1. The predicted molar refractivity (Wildman–Crippen MR) is 105 cm³/mol. The number of phenolic OH excluding ortho intramolecular Hbond substituents is 1. The molecule has 0 atom stereocenters. The molecule has 0 fully saturated rings. The molecule has 4 rings (SSSR count). The SMILES string of the molecule is CCCCc1ccc(-c2cc3c(ccc4cc(O)ccc43)s2)cc1. The number of rotatable bonds is 4. The number of fused-ring (bicyclic) bond motifs is 3. The molecule has 1 heterocycles. The fourth-order valence-electron chi connectivity index (χ4n) is 3.20. The lowest BCUT2D eigenvalue weighted by molar-refractivity contribution is 0.476. The van der Waals surface area contributed by atoms with Crippen LogP contribution in [-0.4, -0.2) is 5.11 Å². The van der Waals surface area contributed by atoms with Crippen LogP contribution in [0.15, 0.2) is 60.7 Å². The smallest absolute Gasteiger partial charge is 0.116 e. The Hall–Kier alpha value is -2.32. The molecule has 4 aromatic rings. The second kappa shape index (κ2) is 6.29. The highest BCUT2D eigenvalue weighted by Crippen LogP contribution is 2.38. The third-order valence-electron chi connectivity index (χ3n) is 4.56. The Morgan fingerprint density at radius 1 is 0.875 bits per heavy atom. The second-order valence-electron chi connectivity index (χ2n) is 6.29. The summed E-state index contributed by atoms with van der Waals surface area (Å²) in [6.07, 6.45) is 3.65. The molecular formula is C22H20OS. The highest BCUT2D eigenvalue weighted by Gasteiger charge is 2.08. The average Bonchev–Trinajstić information content (AvgIpc) is 3.04. The maximum atomic E-state index is 9.68. The normalized spacial score (nSPS) is 11.4. The highest BCUT2D eigenvalue weighted by atomic mass is 32.1. The molecule has 0 spiro atoms. The summed E-state index contributed by atoms with van der Waals surface area (Å²) < 4.78 is 1.29. The minimum absolute atomic E-state index is 0.319. The largest absolute Gasteiger partial charge is 0.508 e. The number of phenols is 1. The standard InChI is InChI=1S/C22H20OS/c1-2-3-4-15-5-7-16(8-6-15)22-14-20-19-11-10-18(23)13-17(19)9-12-21(20)24-22/h5-14,23H,2-4H2,1H3. The van der Waals surface area contributed by atoms with E-state index in [0.717, 1.165) is 11.8 Å². The number of aromatic hydroxyl groups is 1. The van der Waals surface area contributed by atoms with Gasteiger partial charge >= 0.3 is 0 Å². The van der Waals surface area contributed by atoms with Crippen molar-refractivity contribution in [2.24, 2.45) is 0 Å². The number of hydrogen-bond donors (Lipinski definition) is 1. The first-order chi connectivity index (χ1) is 11.7. The lowest BCUT2D eigenvalue weighted by atomic mass is 10.0. The van der Waals surface area contributed by atoms with E-state index in [1.54, 1.807) is 6.07 Å². The van der Waals surface area contributed by atoms with Gasteiger partial charge < -0.3 is 5.11 Å². The fraction of sp³-hybridized carbons (Fsp3) is 0.182. The van der Waals surface area contributed by atoms with Gasteiger partial charge in [0.2, 0.25) is 0 Å². The third-order valence-corrected chi connectivity index (χ3v) is 5.71. The van der Waals surface area contributed by atoms with Gasteiger partial charge in [-0.2, -0.15) is 0 Å². The molecule has 1 nitrogen and oxygen atoms in total. The van der Waals surface area contributed by atoms with Gasteiger partial charge in [-0.1, -0.05) is 49.7 Å². The van der Waals surface area contributed by atoms with Gasteiger partial charge in [0.1, 0.15) is 5.75 Å². The molecule has 0 amide bonds.